The molecule has 0 unspecified atom stereocenters. The molecule has 0 aliphatic carbocycles. The van der Waals surface area contributed by atoms with Crippen LogP contribution >= 0.6 is 11.6 Å². The van der Waals surface area contributed by atoms with E-state index in [1.807, 2.05) is 32.0 Å². The fraction of sp³-hybridized carbons (Fsp3) is 0.125. The molecule has 20 heavy (non-hydrogen) atoms. The maximum atomic E-state index is 13.2. The van der Waals surface area contributed by atoms with Crippen LogP contribution < -0.4 is 0 Å². The van der Waals surface area contributed by atoms with Gasteiger partial charge in [0, 0.05) is 10.9 Å². The molecule has 0 fully saturated rings. The molecule has 100 valence electrons. The van der Waals surface area contributed by atoms with Gasteiger partial charge in [0.25, 0.3) is 0 Å². The Hall–Kier alpha value is -2.00. The second kappa shape index (κ2) is 4.84. The third kappa shape index (κ3) is 2.25. The Balaban J connectivity index is 2.24. The quantitative estimate of drug-likeness (QED) is 0.606. The van der Waals surface area contributed by atoms with Gasteiger partial charge in [-0.25, -0.2) is 14.4 Å². The van der Waals surface area contributed by atoms with Gasteiger partial charge in [-0.05, 0) is 49.7 Å². The van der Waals surface area contributed by atoms with E-state index in [9.17, 15) is 4.39 Å². The van der Waals surface area contributed by atoms with Crippen molar-refractivity contribution in [3.05, 3.63) is 58.5 Å². The van der Waals surface area contributed by atoms with E-state index >= 15 is 0 Å². The van der Waals surface area contributed by atoms with Crippen molar-refractivity contribution >= 4 is 22.5 Å². The molecule has 0 saturated heterocycles. The van der Waals surface area contributed by atoms with Gasteiger partial charge in [0.2, 0.25) is 0 Å². The Kier molecular flexibility index (Phi) is 3.14. The molecule has 1 aromatic heterocycles. The number of hydrogen-bond acceptors (Lipinski definition) is 2. The number of hydrogen-bond donors (Lipinski definition) is 0. The van der Waals surface area contributed by atoms with Crippen molar-refractivity contribution in [1.29, 1.82) is 0 Å². The van der Waals surface area contributed by atoms with E-state index in [0.29, 0.717) is 11.0 Å². The molecule has 3 aromatic rings. The summed E-state index contributed by atoms with van der Waals surface area (Å²) in [6.07, 6.45) is 0. The third-order valence-electron chi connectivity index (χ3n) is 3.23. The molecule has 0 saturated carbocycles. The van der Waals surface area contributed by atoms with Crippen molar-refractivity contribution in [2.75, 3.05) is 0 Å². The monoisotopic (exact) mass is 286 g/mol. The fourth-order valence-electron chi connectivity index (χ4n) is 2.20. The number of halogens is 2. The highest BCUT2D eigenvalue weighted by Crippen LogP contribution is 2.27. The van der Waals surface area contributed by atoms with Gasteiger partial charge in [0.15, 0.2) is 5.82 Å². The van der Waals surface area contributed by atoms with Gasteiger partial charge in [-0.1, -0.05) is 23.2 Å². The smallest absolute Gasteiger partial charge is 0.161 e. The summed E-state index contributed by atoms with van der Waals surface area (Å²) in [5.74, 6) is 0.248. The van der Waals surface area contributed by atoms with Gasteiger partial charge in [-0.3, -0.25) is 0 Å². The second-order valence-corrected chi connectivity index (χ2v) is 5.18. The van der Waals surface area contributed by atoms with E-state index in [4.69, 9.17) is 11.6 Å². The molecule has 0 bridgehead atoms. The molecular weight excluding hydrogens is 275 g/mol. The normalized spacial score (nSPS) is 11.0. The van der Waals surface area contributed by atoms with Crippen LogP contribution in [0, 0.1) is 19.7 Å². The fourth-order valence-corrected chi connectivity index (χ4v) is 2.43. The zero-order valence-electron chi connectivity index (χ0n) is 11.1. The van der Waals surface area contributed by atoms with Crippen LogP contribution in [-0.2, 0) is 0 Å². The van der Waals surface area contributed by atoms with Gasteiger partial charge >= 0.3 is 0 Å². The van der Waals surface area contributed by atoms with Crippen LogP contribution in [0.15, 0.2) is 36.4 Å². The Bertz CT molecular complexity index is 815. The lowest BCUT2D eigenvalue weighted by Crippen LogP contribution is -1.94. The molecule has 0 N–H and O–H groups in total. The summed E-state index contributed by atoms with van der Waals surface area (Å²) in [5.41, 5.74) is 3.46. The second-order valence-electron chi connectivity index (χ2n) is 4.82. The van der Waals surface area contributed by atoms with Crippen molar-refractivity contribution in [3.8, 4) is 11.4 Å². The number of nitrogens with zero attached hydrogens (tertiary/aromatic N) is 2. The minimum atomic E-state index is -0.270. The van der Waals surface area contributed by atoms with Gasteiger partial charge in [0.05, 0.1) is 5.52 Å². The summed E-state index contributed by atoms with van der Waals surface area (Å²) in [5, 5.41) is 1.24. The molecule has 0 aliphatic heterocycles. The standard InChI is InChI=1S/C16H12ClFN2/c1-9-3-6-14-13(7-9)15(17)20-16(19-14)12-5-4-11(18)8-10(12)2/h3-8H,1-2H3. The minimum absolute atomic E-state index is 0.270. The van der Waals surface area contributed by atoms with Crippen molar-refractivity contribution in [2.24, 2.45) is 0 Å². The number of aromatic nitrogens is 2. The number of benzene rings is 2. The predicted molar refractivity (Wildman–Crippen MR) is 79.4 cm³/mol. The minimum Gasteiger partial charge on any atom is -0.228 e. The largest absolute Gasteiger partial charge is 0.228 e. The predicted octanol–water partition coefficient (Wildman–Crippen LogP) is 4.71. The van der Waals surface area contributed by atoms with Crippen LogP contribution in [0.5, 0.6) is 0 Å². The first kappa shape index (κ1) is 13.0. The van der Waals surface area contributed by atoms with Crippen LogP contribution in [0.1, 0.15) is 11.1 Å². The van der Waals surface area contributed by atoms with Crippen LogP contribution in [0.4, 0.5) is 4.39 Å². The van der Waals surface area contributed by atoms with Gasteiger partial charge < -0.3 is 0 Å². The SMILES string of the molecule is Cc1ccc2nc(-c3ccc(F)cc3C)nc(Cl)c2c1. The summed E-state index contributed by atoms with van der Waals surface area (Å²) in [7, 11) is 0. The molecule has 1 heterocycles. The molecular formula is C16H12ClFN2. The lowest BCUT2D eigenvalue weighted by atomic mass is 10.1. The molecule has 3 rings (SSSR count). The summed E-state index contributed by atoms with van der Waals surface area (Å²) in [6.45, 7) is 3.82. The Morgan fingerprint density at radius 2 is 1.80 bits per heavy atom. The van der Waals surface area contributed by atoms with Crippen LogP contribution in [0.2, 0.25) is 5.15 Å². The highest BCUT2D eigenvalue weighted by Gasteiger charge is 2.10. The third-order valence-corrected chi connectivity index (χ3v) is 3.52. The van der Waals surface area contributed by atoms with E-state index < -0.39 is 0 Å². The highest BCUT2D eigenvalue weighted by molar-refractivity contribution is 6.34. The first-order valence-corrected chi connectivity index (χ1v) is 6.63. The zero-order valence-corrected chi connectivity index (χ0v) is 11.9. The first-order chi connectivity index (χ1) is 9.54. The first-order valence-electron chi connectivity index (χ1n) is 6.25. The molecule has 2 nitrogen and oxygen atoms in total. The molecule has 4 heteroatoms. The van der Waals surface area contributed by atoms with Gasteiger partial charge in [-0.15, -0.1) is 0 Å². The van der Waals surface area contributed by atoms with Crippen LogP contribution in [-0.4, -0.2) is 9.97 Å². The highest BCUT2D eigenvalue weighted by atomic mass is 35.5. The number of rotatable bonds is 1. The van der Waals surface area contributed by atoms with E-state index in [1.165, 1.54) is 12.1 Å². The average Bonchev–Trinajstić information content (AvgIpc) is 2.39. The molecule has 0 spiro atoms. The average molecular weight is 287 g/mol. The zero-order chi connectivity index (χ0) is 14.3. The Morgan fingerprint density at radius 1 is 1.00 bits per heavy atom. The van der Waals surface area contributed by atoms with Crippen molar-refractivity contribution in [2.45, 2.75) is 13.8 Å². The van der Waals surface area contributed by atoms with Crippen LogP contribution in [0.25, 0.3) is 22.3 Å². The van der Waals surface area contributed by atoms with Gasteiger partial charge in [0.1, 0.15) is 11.0 Å². The molecule has 0 radical (unpaired) electrons. The van der Waals surface area contributed by atoms with Crippen molar-refractivity contribution in [1.82, 2.24) is 9.97 Å². The number of fused-ring (bicyclic) bond motifs is 1. The summed E-state index contributed by atoms with van der Waals surface area (Å²) >= 11 is 6.24. The molecule has 2 aromatic carbocycles. The van der Waals surface area contributed by atoms with E-state index in [0.717, 1.165) is 27.6 Å². The lowest BCUT2D eigenvalue weighted by Gasteiger charge is -2.07. The van der Waals surface area contributed by atoms with Gasteiger partial charge in [-0.2, -0.15) is 0 Å². The van der Waals surface area contributed by atoms with E-state index in [1.54, 1.807) is 6.07 Å². The van der Waals surface area contributed by atoms with Crippen molar-refractivity contribution < 1.29 is 4.39 Å². The van der Waals surface area contributed by atoms with E-state index in [-0.39, 0.29) is 5.82 Å². The number of aryl methyl sites for hydroxylation is 2. The summed E-state index contributed by atoms with van der Waals surface area (Å²) in [4.78, 5) is 8.85. The molecule has 0 amide bonds. The topological polar surface area (TPSA) is 25.8 Å². The Labute approximate surface area is 121 Å². The maximum absolute atomic E-state index is 13.2. The van der Waals surface area contributed by atoms with Crippen LogP contribution in [0.3, 0.4) is 0 Å². The summed E-state index contributed by atoms with van der Waals surface area (Å²) < 4.78 is 13.2. The summed E-state index contributed by atoms with van der Waals surface area (Å²) in [6, 6.07) is 10.4. The Morgan fingerprint density at radius 3 is 2.55 bits per heavy atom. The van der Waals surface area contributed by atoms with Crippen molar-refractivity contribution in [3.63, 3.8) is 0 Å². The molecule has 0 aliphatic rings. The van der Waals surface area contributed by atoms with E-state index in [2.05, 4.69) is 9.97 Å². The molecule has 0 atom stereocenters. The maximum Gasteiger partial charge on any atom is 0.161 e. The lowest BCUT2D eigenvalue weighted by molar-refractivity contribution is 0.627.